The van der Waals surface area contributed by atoms with Gasteiger partial charge in [0, 0.05) is 19.1 Å². The fourth-order valence-corrected chi connectivity index (χ4v) is 3.11. The second-order valence-corrected chi connectivity index (χ2v) is 5.00. The van der Waals surface area contributed by atoms with Crippen LogP contribution in [0.3, 0.4) is 0 Å². The van der Waals surface area contributed by atoms with Crippen LogP contribution in [-0.2, 0) is 6.54 Å². The fourth-order valence-electron chi connectivity index (χ4n) is 3.11. The lowest BCUT2D eigenvalue weighted by atomic mass is 10.1. The van der Waals surface area contributed by atoms with E-state index in [9.17, 15) is 0 Å². The fraction of sp³-hybridized carbons (Fsp3) is 0.615. The molecule has 86 valence electrons. The zero-order valence-corrected chi connectivity index (χ0v) is 9.82. The number of hydrogen-bond acceptors (Lipinski definition) is 3. The standard InChI is InChI=1S/C13H19N3/c1-14-8-11-3-2-4-13(15-11)16-9-10-5-6-12(16)7-10/h2-4,10,12,14H,5-9H2,1H3. The second kappa shape index (κ2) is 4.06. The summed E-state index contributed by atoms with van der Waals surface area (Å²) in [5, 5.41) is 3.15. The highest BCUT2D eigenvalue weighted by molar-refractivity contribution is 5.43. The molecule has 1 aliphatic carbocycles. The number of nitrogens with one attached hydrogen (secondary N) is 1. The van der Waals surface area contributed by atoms with Gasteiger partial charge < -0.3 is 10.2 Å². The van der Waals surface area contributed by atoms with Crippen molar-refractivity contribution in [3.63, 3.8) is 0 Å². The number of fused-ring (bicyclic) bond motifs is 2. The van der Waals surface area contributed by atoms with Crippen molar-refractivity contribution in [2.24, 2.45) is 5.92 Å². The van der Waals surface area contributed by atoms with Crippen LogP contribution < -0.4 is 10.2 Å². The van der Waals surface area contributed by atoms with E-state index in [4.69, 9.17) is 4.98 Å². The first-order valence-electron chi connectivity index (χ1n) is 6.24. The lowest BCUT2D eigenvalue weighted by Crippen LogP contribution is -2.32. The molecule has 0 aromatic carbocycles. The lowest BCUT2D eigenvalue weighted by Gasteiger charge is -2.28. The Morgan fingerprint density at radius 1 is 1.44 bits per heavy atom. The van der Waals surface area contributed by atoms with Crippen LogP contribution in [0.5, 0.6) is 0 Å². The van der Waals surface area contributed by atoms with E-state index in [-0.39, 0.29) is 0 Å². The van der Waals surface area contributed by atoms with E-state index in [1.807, 2.05) is 7.05 Å². The van der Waals surface area contributed by atoms with Crippen LogP contribution in [0.25, 0.3) is 0 Å². The van der Waals surface area contributed by atoms with Gasteiger partial charge in [-0.05, 0) is 44.4 Å². The van der Waals surface area contributed by atoms with Crippen LogP contribution in [0, 0.1) is 5.92 Å². The Balaban J connectivity index is 1.81. The summed E-state index contributed by atoms with van der Waals surface area (Å²) >= 11 is 0. The Morgan fingerprint density at radius 2 is 2.38 bits per heavy atom. The van der Waals surface area contributed by atoms with Crippen LogP contribution in [0.1, 0.15) is 25.0 Å². The summed E-state index contributed by atoms with van der Waals surface area (Å²) in [7, 11) is 1.96. The maximum absolute atomic E-state index is 4.73. The Bertz CT molecular complexity index is 377. The van der Waals surface area contributed by atoms with Crippen molar-refractivity contribution in [3.8, 4) is 0 Å². The van der Waals surface area contributed by atoms with Crippen LogP contribution in [0.2, 0.25) is 0 Å². The molecular weight excluding hydrogens is 198 g/mol. The first-order chi connectivity index (χ1) is 7.86. The SMILES string of the molecule is CNCc1cccc(N2CC3CCC2C3)n1. The third-order valence-corrected chi connectivity index (χ3v) is 3.85. The molecule has 3 nitrogen and oxygen atoms in total. The summed E-state index contributed by atoms with van der Waals surface area (Å²) in [5.74, 6) is 2.11. The highest BCUT2D eigenvalue weighted by Crippen LogP contribution is 2.39. The largest absolute Gasteiger partial charge is 0.353 e. The maximum Gasteiger partial charge on any atom is 0.129 e. The maximum atomic E-state index is 4.73. The molecule has 2 atom stereocenters. The molecule has 1 aromatic heterocycles. The van der Waals surface area contributed by atoms with Gasteiger partial charge in [-0.15, -0.1) is 0 Å². The number of anilines is 1. The van der Waals surface area contributed by atoms with E-state index >= 15 is 0 Å². The van der Waals surface area contributed by atoms with Crippen molar-refractivity contribution >= 4 is 5.82 Å². The van der Waals surface area contributed by atoms with Crippen molar-refractivity contribution in [1.29, 1.82) is 0 Å². The molecule has 3 heteroatoms. The second-order valence-electron chi connectivity index (χ2n) is 5.00. The number of nitrogens with zero attached hydrogens (tertiary/aromatic N) is 2. The topological polar surface area (TPSA) is 28.2 Å². The molecule has 1 saturated carbocycles. The van der Waals surface area contributed by atoms with E-state index in [1.54, 1.807) is 0 Å². The van der Waals surface area contributed by atoms with E-state index in [0.29, 0.717) is 0 Å². The minimum Gasteiger partial charge on any atom is -0.353 e. The Morgan fingerprint density at radius 3 is 3.06 bits per heavy atom. The number of pyridine rings is 1. The monoisotopic (exact) mass is 217 g/mol. The summed E-state index contributed by atoms with van der Waals surface area (Å²) in [5.41, 5.74) is 1.14. The van der Waals surface area contributed by atoms with Gasteiger partial charge in [0.1, 0.15) is 5.82 Å². The third-order valence-electron chi connectivity index (χ3n) is 3.85. The van der Waals surface area contributed by atoms with E-state index in [0.717, 1.165) is 24.2 Å². The van der Waals surface area contributed by atoms with Gasteiger partial charge in [-0.25, -0.2) is 4.98 Å². The van der Waals surface area contributed by atoms with E-state index in [2.05, 4.69) is 28.4 Å². The molecule has 16 heavy (non-hydrogen) atoms. The van der Waals surface area contributed by atoms with Gasteiger partial charge >= 0.3 is 0 Å². The normalized spacial score (nSPS) is 27.7. The number of aromatic nitrogens is 1. The van der Waals surface area contributed by atoms with Crippen LogP contribution in [0.4, 0.5) is 5.82 Å². The number of rotatable bonds is 3. The molecule has 2 heterocycles. The quantitative estimate of drug-likeness (QED) is 0.836. The highest BCUT2D eigenvalue weighted by atomic mass is 15.2. The van der Waals surface area contributed by atoms with Gasteiger partial charge in [-0.3, -0.25) is 0 Å². The minimum absolute atomic E-state index is 0.766. The zero-order valence-electron chi connectivity index (χ0n) is 9.82. The van der Waals surface area contributed by atoms with Crippen molar-refractivity contribution in [2.45, 2.75) is 31.8 Å². The first kappa shape index (κ1) is 10.1. The zero-order chi connectivity index (χ0) is 11.0. The molecule has 0 radical (unpaired) electrons. The van der Waals surface area contributed by atoms with E-state index < -0.39 is 0 Å². The molecule has 1 saturated heterocycles. The average molecular weight is 217 g/mol. The van der Waals surface area contributed by atoms with Crippen molar-refractivity contribution in [2.75, 3.05) is 18.5 Å². The summed E-state index contributed by atoms with van der Waals surface area (Å²) < 4.78 is 0. The minimum atomic E-state index is 0.766. The van der Waals surface area contributed by atoms with Crippen molar-refractivity contribution in [3.05, 3.63) is 23.9 Å². The molecule has 2 unspecified atom stereocenters. The van der Waals surface area contributed by atoms with Crippen molar-refractivity contribution in [1.82, 2.24) is 10.3 Å². The molecule has 3 rings (SSSR count). The van der Waals surface area contributed by atoms with Crippen LogP contribution in [-0.4, -0.2) is 24.6 Å². The predicted molar refractivity (Wildman–Crippen MR) is 65.5 cm³/mol. The third kappa shape index (κ3) is 1.69. The molecular formula is C13H19N3. The molecule has 2 aliphatic rings. The molecule has 0 amide bonds. The van der Waals surface area contributed by atoms with Gasteiger partial charge in [-0.1, -0.05) is 6.07 Å². The summed E-state index contributed by atoms with van der Waals surface area (Å²) in [6.07, 6.45) is 4.18. The van der Waals surface area contributed by atoms with Crippen LogP contribution in [0.15, 0.2) is 18.2 Å². The Kier molecular flexibility index (Phi) is 2.56. The highest BCUT2D eigenvalue weighted by Gasteiger charge is 2.38. The van der Waals surface area contributed by atoms with E-state index in [1.165, 1.54) is 31.6 Å². The summed E-state index contributed by atoms with van der Waals surface area (Å²) in [6.45, 7) is 2.08. The Labute approximate surface area is 96.9 Å². The predicted octanol–water partition coefficient (Wildman–Crippen LogP) is 1.79. The lowest BCUT2D eigenvalue weighted by molar-refractivity contribution is 0.549. The number of piperidine rings is 1. The van der Waals surface area contributed by atoms with Gasteiger partial charge in [0.25, 0.3) is 0 Å². The van der Waals surface area contributed by atoms with Crippen molar-refractivity contribution < 1.29 is 0 Å². The van der Waals surface area contributed by atoms with Gasteiger partial charge in [0.05, 0.1) is 5.69 Å². The first-order valence-corrected chi connectivity index (χ1v) is 6.24. The van der Waals surface area contributed by atoms with Crippen LogP contribution >= 0.6 is 0 Å². The average Bonchev–Trinajstić information content (AvgIpc) is 2.91. The molecule has 0 spiro atoms. The van der Waals surface area contributed by atoms with Gasteiger partial charge in [0.2, 0.25) is 0 Å². The molecule has 2 bridgehead atoms. The van der Waals surface area contributed by atoms with Gasteiger partial charge in [-0.2, -0.15) is 0 Å². The summed E-state index contributed by atoms with van der Waals surface area (Å²) in [4.78, 5) is 7.23. The van der Waals surface area contributed by atoms with Gasteiger partial charge in [0.15, 0.2) is 0 Å². The molecule has 1 aliphatic heterocycles. The molecule has 1 aromatic rings. The summed E-state index contributed by atoms with van der Waals surface area (Å²) in [6, 6.07) is 7.14. The smallest absolute Gasteiger partial charge is 0.129 e. The Hall–Kier alpha value is -1.09. The molecule has 1 N–H and O–H groups in total. The number of hydrogen-bond donors (Lipinski definition) is 1. The molecule has 2 fully saturated rings.